The van der Waals surface area contributed by atoms with Gasteiger partial charge in [-0.1, -0.05) is 36.4 Å². The molecule has 0 saturated carbocycles. The van der Waals surface area contributed by atoms with Gasteiger partial charge in [0.25, 0.3) is 0 Å². The summed E-state index contributed by atoms with van der Waals surface area (Å²) in [4.78, 5) is 0. The first-order valence-corrected chi connectivity index (χ1v) is 7.06. The van der Waals surface area contributed by atoms with Crippen LogP contribution in [0.25, 0.3) is 0 Å². The van der Waals surface area contributed by atoms with Gasteiger partial charge in [0, 0.05) is 12.0 Å². The predicted molar refractivity (Wildman–Crippen MR) is 88.1 cm³/mol. The zero-order valence-electron chi connectivity index (χ0n) is 11.6. The molecule has 2 aromatic carbocycles. The minimum Gasteiger partial charge on any atom is -0.493 e. The summed E-state index contributed by atoms with van der Waals surface area (Å²) in [5, 5.41) is 3.01. The smallest absolute Gasteiger partial charge is 0.221 e. The quantitative estimate of drug-likeness (QED) is 0.414. The van der Waals surface area contributed by atoms with Crippen molar-refractivity contribution >= 4 is 23.5 Å². The number of hydrogen-bond acceptors (Lipinski definition) is 2. The van der Waals surface area contributed by atoms with Gasteiger partial charge in [0.1, 0.15) is 5.75 Å². The summed E-state index contributed by atoms with van der Waals surface area (Å²) in [7, 11) is 0. The van der Waals surface area contributed by atoms with Crippen LogP contribution in [0, 0.1) is 0 Å². The van der Waals surface area contributed by atoms with Crippen LogP contribution in [0.5, 0.6) is 5.75 Å². The number of ether oxygens (including phenoxy) is 1. The van der Waals surface area contributed by atoms with Gasteiger partial charge in [-0.25, -0.2) is 0 Å². The Morgan fingerprint density at radius 3 is 2.76 bits per heavy atom. The molecule has 0 fully saturated rings. The Kier molecular flexibility index (Phi) is 5.72. The van der Waals surface area contributed by atoms with Crippen molar-refractivity contribution in [1.29, 1.82) is 0 Å². The largest absolute Gasteiger partial charge is 0.493 e. The van der Waals surface area contributed by atoms with Gasteiger partial charge >= 0.3 is 0 Å². The van der Waals surface area contributed by atoms with Crippen molar-refractivity contribution in [1.82, 2.24) is 5.43 Å². The summed E-state index contributed by atoms with van der Waals surface area (Å²) in [5.41, 5.74) is 10.2. The minimum atomic E-state index is 0.196. The van der Waals surface area contributed by atoms with Gasteiger partial charge in [-0.2, -0.15) is 0 Å². The highest BCUT2D eigenvalue weighted by Crippen LogP contribution is 2.12. The molecule has 0 aliphatic carbocycles. The monoisotopic (exact) mass is 300 g/mol. The normalized spacial score (nSPS) is 10.5. The van der Waals surface area contributed by atoms with E-state index in [9.17, 15) is 0 Å². The number of hydrazine groups is 1. The van der Waals surface area contributed by atoms with Gasteiger partial charge in [0.15, 0.2) is 6.21 Å². The van der Waals surface area contributed by atoms with E-state index in [2.05, 4.69) is 22.7 Å². The van der Waals surface area contributed by atoms with Gasteiger partial charge in [-0.15, -0.1) is 10.5 Å². The lowest BCUT2D eigenvalue weighted by molar-refractivity contribution is -0.499. The second-order valence-electron chi connectivity index (χ2n) is 4.43. The first-order chi connectivity index (χ1) is 10.2. The molecule has 108 valence electrons. The standard InChI is InChI=1S/C16H17N3OS/c17-16(21)19-18-12-14-7-4-8-15(11-14)20-10-9-13-5-2-1-3-6-13/h1-8,11-12H,9-10H2,(H3,17,19,21)/p+1. The van der Waals surface area contributed by atoms with E-state index in [1.165, 1.54) is 5.56 Å². The van der Waals surface area contributed by atoms with E-state index in [1.54, 1.807) is 6.21 Å². The van der Waals surface area contributed by atoms with Crippen molar-refractivity contribution in [2.75, 3.05) is 6.61 Å². The van der Waals surface area contributed by atoms with Crippen LogP contribution in [0.1, 0.15) is 11.1 Å². The van der Waals surface area contributed by atoms with Crippen molar-refractivity contribution in [3.8, 4) is 5.75 Å². The average molecular weight is 300 g/mol. The molecule has 2 rings (SSSR count). The topological polar surface area (TPSA) is 61.2 Å². The fourth-order valence-electron chi connectivity index (χ4n) is 1.82. The number of nitrogens with one attached hydrogen (secondary N) is 2. The molecule has 21 heavy (non-hydrogen) atoms. The average Bonchev–Trinajstić information content (AvgIpc) is 2.48. The van der Waals surface area contributed by atoms with Crippen LogP contribution in [-0.4, -0.2) is 17.9 Å². The molecule has 0 spiro atoms. The maximum Gasteiger partial charge on any atom is 0.221 e. The molecule has 0 atom stereocenters. The van der Waals surface area contributed by atoms with Gasteiger partial charge in [-0.05, 0) is 36.0 Å². The van der Waals surface area contributed by atoms with Crippen LogP contribution in [0.4, 0.5) is 0 Å². The van der Waals surface area contributed by atoms with Gasteiger partial charge < -0.3 is 10.5 Å². The Morgan fingerprint density at radius 2 is 2.00 bits per heavy atom. The Hall–Kier alpha value is -2.40. The number of thiocarbonyl (C=S) groups is 1. The molecule has 4 N–H and O–H groups in total. The van der Waals surface area contributed by atoms with Crippen LogP contribution in [0.15, 0.2) is 54.6 Å². The molecule has 4 nitrogen and oxygen atoms in total. The summed E-state index contributed by atoms with van der Waals surface area (Å²) in [5.74, 6) is 0.830. The maximum absolute atomic E-state index is 5.76. The summed E-state index contributed by atoms with van der Waals surface area (Å²) in [6.07, 6.45) is 2.65. The highest BCUT2D eigenvalue weighted by molar-refractivity contribution is 7.80. The van der Waals surface area contributed by atoms with Crippen molar-refractivity contribution in [2.24, 2.45) is 5.73 Å². The van der Waals surface area contributed by atoms with Gasteiger partial charge in [0.05, 0.1) is 6.61 Å². The van der Waals surface area contributed by atoms with Gasteiger partial charge in [0.2, 0.25) is 5.11 Å². The summed E-state index contributed by atoms with van der Waals surface area (Å²) in [6, 6.07) is 18.0. The Balaban J connectivity index is 1.86. The van der Waals surface area contributed by atoms with Crippen LogP contribution >= 0.6 is 12.2 Å². The molecule has 0 radical (unpaired) electrons. The van der Waals surface area contributed by atoms with E-state index < -0.39 is 0 Å². The third kappa shape index (κ3) is 5.62. The van der Waals surface area contributed by atoms with Crippen molar-refractivity contribution in [3.63, 3.8) is 0 Å². The fraction of sp³-hybridized carbons (Fsp3) is 0.125. The third-order valence-corrected chi connectivity index (χ3v) is 2.90. The Labute approximate surface area is 129 Å². The maximum atomic E-state index is 5.76. The van der Waals surface area contributed by atoms with E-state index in [-0.39, 0.29) is 5.11 Å². The lowest BCUT2D eigenvalue weighted by Gasteiger charge is -2.06. The summed E-state index contributed by atoms with van der Waals surface area (Å²) < 4.78 is 5.76. The van der Waals surface area contributed by atoms with Crippen molar-refractivity contribution in [3.05, 3.63) is 65.7 Å². The van der Waals surface area contributed by atoms with E-state index in [4.69, 9.17) is 22.7 Å². The lowest BCUT2D eigenvalue weighted by Crippen LogP contribution is -2.82. The van der Waals surface area contributed by atoms with E-state index in [0.717, 1.165) is 17.7 Å². The third-order valence-electron chi connectivity index (χ3n) is 2.79. The molecule has 0 unspecified atom stereocenters. The van der Waals surface area contributed by atoms with Crippen LogP contribution in [0.3, 0.4) is 0 Å². The molecular weight excluding hydrogens is 282 g/mol. The molecule has 0 aromatic heterocycles. The number of benzene rings is 2. The van der Waals surface area contributed by atoms with Crippen LogP contribution in [0.2, 0.25) is 0 Å². The minimum absolute atomic E-state index is 0.196. The Bertz CT molecular complexity index is 614. The molecule has 0 heterocycles. The lowest BCUT2D eigenvalue weighted by atomic mass is 10.2. The summed E-state index contributed by atoms with van der Waals surface area (Å²) >= 11 is 4.70. The predicted octanol–water partition coefficient (Wildman–Crippen LogP) is 0.556. The first kappa shape index (κ1) is 15.0. The molecule has 0 aliphatic heterocycles. The van der Waals surface area contributed by atoms with Crippen LogP contribution in [-0.2, 0) is 6.42 Å². The van der Waals surface area contributed by atoms with E-state index >= 15 is 0 Å². The van der Waals surface area contributed by atoms with Crippen molar-refractivity contribution < 1.29 is 9.84 Å². The highest BCUT2D eigenvalue weighted by Gasteiger charge is 1.98. The fourth-order valence-corrected chi connectivity index (χ4v) is 1.87. The Morgan fingerprint density at radius 1 is 1.19 bits per heavy atom. The highest BCUT2D eigenvalue weighted by atomic mass is 32.1. The molecular formula is C16H18N3OS+. The molecule has 2 aromatic rings. The number of hydrogen-bond donors (Lipinski definition) is 3. The zero-order valence-corrected chi connectivity index (χ0v) is 12.4. The molecule has 5 heteroatoms. The second-order valence-corrected chi connectivity index (χ2v) is 4.87. The molecule has 0 amide bonds. The van der Waals surface area contributed by atoms with Crippen LogP contribution < -0.4 is 21.0 Å². The first-order valence-electron chi connectivity index (χ1n) is 6.65. The van der Waals surface area contributed by atoms with E-state index in [1.807, 2.05) is 42.5 Å². The molecule has 0 aliphatic rings. The number of nitrogens with two attached hydrogens (primary N) is 1. The number of rotatable bonds is 6. The van der Waals surface area contributed by atoms with Gasteiger partial charge in [-0.3, -0.25) is 0 Å². The summed E-state index contributed by atoms with van der Waals surface area (Å²) in [6.45, 7) is 0.645. The zero-order chi connectivity index (χ0) is 14.9. The van der Waals surface area contributed by atoms with E-state index in [0.29, 0.717) is 6.61 Å². The van der Waals surface area contributed by atoms with Crippen molar-refractivity contribution in [2.45, 2.75) is 6.42 Å². The second kappa shape index (κ2) is 8.01. The molecule has 0 bridgehead atoms. The molecule has 0 saturated heterocycles. The number of hydrazone groups is 1. The SMILES string of the molecule is NC(=S)N[NH+]=Cc1cccc(OCCc2ccccc2)c1.